The minimum absolute atomic E-state index is 0.0582. The van der Waals surface area contributed by atoms with E-state index < -0.39 is 10.0 Å². The van der Waals surface area contributed by atoms with Crippen molar-refractivity contribution in [2.45, 2.75) is 25.8 Å². The molecule has 0 saturated carbocycles. The van der Waals surface area contributed by atoms with Crippen molar-refractivity contribution in [1.29, 1.82) is 0 Å². The van der Waals surface area contributed by atoms with Crippen molar-refractivity contribution in [3.05, 3.63) is 0 Å². The first-order chi connectivity index (χ1) is 6.95. The summed E-state index contributed by atoms with van der Waals surface area (Å²) >= 11 is 1.66. The molecule has 1 atom stereocenters. The molecule has 0 aliphatic rings. The van der Waals surface area contributed by atoms with Gasteiger partial charge in [0.1, 0.15) is 0 Å². The fourth-order valence-corrected chi connectivity index (χ4v) is 3.47. The van der Waals surface area contributed by atoms with E-state index in [1.54, 1.807) is 18.8 Å². The van der Waals surface area contributed by atoms with Gasteiger partial charge in [-0.05, 0) is 32.6 Å². The number of hydrogen-bond acceptors (Lipinski definition) is 4. The van der Waals surface area contributed by atoms with Gasteiger partial charge in [0.05, 0.1) is 5.75 Å². The molecule has 0 saturated heterocycles. The van der Waals surface area contributed by atoms with Gasteiger partial charge >= 0.3 is 0 Å². The Hall–Kier alpha value is 0.220. The summed E-state index contributed by atoms with van der Waals surface area (Å²) in [5.41, 5.74) is 5.33. The first-order valence-corrected chi connectivity index (χ1v) is 8.10. The Kier molecular flexibility index (Phi) is 7.60. The Labute approximate surface area is 97.6 Å². The fourth-order valence-electron chi connectivity index (χ4n) is 1.19. The second kappa shape index (κ2) is 7.49. The first-order valence-electron chi connectivity index (χ1n) is 5.10. The Morgan fingerprint density at radius 1 is 1.40 bits per heavy atom. The van der Waals surface area contributed by atoms with Crippen LogP contribution in [0.1, 0.15) is 19.8 Å². The molecule has 0 fully saturated rings. The van der Waals surface area contributed by atoms with Gasteiger partial charge < -0.3 is 5.73 Å². The number of hydrogen-bond donors (Lipinski definition) is 1. The lowest BCUT2D eigenvalue weighted by molar-refractivity contribution is 0.414. The maximum Gasteiger partial charge on any atom is 0.214 e. The second-order valence-corrected chi connectivity index (χ2v) is 6.69. The van der Waals surface area contributed by atoms with Gasteiger partial charge in [-0.3, -0.25) is 0 Å². The van der Waals surface area contributed by atoms with E-state index in [0.29, 0.717) is 13.0 Å². The Bertz CT molecular complexity index is 255. The molecule has 0 aromatic heterocycles. The molecule has 1 unspecified atom stereocenters. The molecule has 0 aliphatic carbocycles. The average Bonchev–Trinajstić information content (AvgIpc) is 2.17. The number of thioether (sulfide) groups is 1. The van der Waals surface area contributed by atoms with Gasteiger partial charge in [-0.25, -0.2) is 12.7 Å². The third kappa shape index (κ3) is 5.75. The van der Waals surface area contributed by atoms with Crippen LogP contribution in [-0.4, -0.2) is 50.1 Å². The summed E-state index contributed by atoms with van der Waals surface area (Å²) in [6, 6.07) is 0.0582. The van der Waals surface area contributed by atoms with Gasteiger partial charge in [0, 0.05) is 18.8 Å². The Morgan fingerprint density at radius 2 is 2.00 bits per heavy atom. The molecule has 0 aliphatic heterocycles. The van der Waals surface area contributed by atoms with E-state index in [1.165, 1.54) is 4.31 Å². The predicted octanol–water partition coefficient (Wildman–Crippen LogP) is 0.738. The third-order valence-electron chi connectivity index (χ3n) is 2.32. The summed E-state index contributed by atoms with van der Waals surface area (Å²) in [4.78, 5) is 0. The van der Waals surface area contributed by atoms with E-state index in [2.05, 4.69) is 0 Å². The van der Waals surface area contributed by atoms with Gasteiger partial charge in [-0.2, -0.15) is 11.8 Å². The van der Waals surface area contributed by atoms with E-state index in [0.717, 1.165) is 12.2 Å². The number of sulfonamides is 1. The highest BCUT2D eigenvalue weighted by molar-refractivity contribution is 7.98. The number of rotatable bonds is 8. The first kappa shape index (κ1) is 15.2. The molecule has 15 heavy (non-hydrogen) atoms. The van der Waals surface area contributed by atoms with Gasteiger partial charge in [0.25, 0.3) is 0 Å². The van der Waals surface area contributed by atoms with E-state index >= 15 is 0 Å². The molecule has 0 aromatic rings. The van der Waals surface area contributed by atoms with Crippen molar-refractivity contribution in [2.24, 2.45) is 5.73 Å². The summed E-state index contributed by atoms with van der Waals surface area (Å²) < 4.78 is 25.1. The Balaban J connectivity index is 4.19. The predicted molar refractivity (Wildman–Crippen MR) is 67.7 cm³/mol. The smallest absolute Gasteiger partial charge is 0.214 e. The van der Waals surface area contributed by atoms with Crippen LogP contribution in [0.2, 0.25) is 0 Å². The van der Waals surface area contributed by atoms with E-state index in [1.807, 2.05) is 13.2 Å². The van der Waals surface area contributed by atoms with E-state index in [9.17, 15) is 8.42 Å². The van der Waals surface area contributed by atoms with Crippen LogP contribution in [0, 0.1) is 0 Å². The van der Waals surface area contributed by atoms with Crippen LogP contribution in [0.5, 0.6) is 0 Å². The lowest BCUT2D eigenvalue weighted by Gasteiger charge is -2.23. The van der Waals surface area contributed by atoms with Crippen molar-refractivity contribution < 1.29 is 8.42 Å². The average molecular weight is 254 g/mol. The van der Waals surface area contributed by atoms with E-state index in [-0.39, 0.29) is 11.8 Å². The monoisotopic (exact) mass is 254 g/mol. The number of nitrogens with two attached hydrogens (primary N) is 1. The molecule has 0 amide bonds. The zero-order chi connectivity index (χ0) is 11.9. The molecular formula is C9H22N2O2S2. The van der Waals surface area contributed by atoms with Gasteiger partial charge in [0.15, 0.2) is 0 Å². The molecule has 92 valence electrons. The minimum atomic E-state index is -3.09. The van der Waals surface area contributed by atoms with Crippen molar-refractivity contribution in [2.75, 3.05) is 31.4 Å². The zero-order valence-electron chi connectivity index (χ0n) is 9.77. The van der Waals surface area contributed by atoms with Crippen LogP contribution in [-0.2, 0) is 10.0 Å². The van der Waals surface area contributed by atoms with Gasteiger partial charge in [0.2, 0.25) is 10.0 Å². The SMILES string of the molecule is CSCC(C)N(C)S(=O)(=O)CCCCN. The Morgan fingerprint density at radius 3 is 2.47 bits per heavy atom. The molecule has 0 spiro atoms. The van der Waals surface area contributed by atoms with Crippen LogP contribution < -0.4 is 5.73 Å². The maximum atomic E-state index is 11.8. The molecule has 2 N–H and O–H groups in total. The summed E-state index contributed by atoms with van der Waals surface area (Å²) in [6.07, 6.45) is 3.39. The molecular weight excluding hydrogens is 232 g/mol. The zero-order valence-corrected chi connectivity index (χ0v) is 11.4. The van der Waals surface area contributed by atoms with Crippen molar-refractivity contribution in [3.8, 4) is 0 Å². The van der Waals surface area contributed by atoms with Crippen molar-refractivity contribution in [1.82, 2.24) is 4.31 Å². The highest BCUT2D eigenvalue weighted by Gasteiger charge is 2.21. The minimum Gasteiger partial charge on any atom is -0.330 e. The van der Waals surface area contributed by atoms with Crippen LogP contribution >= 0.6 is 11.8 Å². The standard InChI is InChI=1S/C9H22N2O2S2/c1-9(8-14-3)11(2)15(12,13)7-5-4-6-10/h9H,4-8,10H2,1-3H3. The molecule has 0 radical (unpaired) electrons. The quantitative estimate of drug-likeness (QED) is 0.649. The molecule has 0 aromatic carbocycles. The molecule has 4 nitrogen and oxygen atoms in total. The summed E-state index contributed by atoms with van der Waals surface area (Å²) in [5, 5.41) is 0. The maximum absolute atomic E-state index is 11.8. The van der Waals surface area contributed by atoms with E-state index in [4.69, 9.17) is 5.73 Å². The largest absolute Gasteiger partial charge is 0.330 e. The summed E-state index contributed by atoms with van der Waals surface area (Å²) in [5.74, 6) is 1.03. The van der Waals surface area contributed by atoms with Crippen LogP contribution in [0.3, 0.4) is 0 Å². The topological polar surface area (TPSA) is 63.4 Å². The van der Waals surface area contributed by atoms with Crippen LogP contribution in [0.4, 0.5) is 0 Å². The highest BCUT2D eigenvalue weighted by atomic mass is 32.2. The van der Waals surface area contributed by atoms with Crippen molar-refractivity contribution >= 4 is 21.8 Å². The van der Waals surface area contributed by atoms with Crippen LogP contribution in [0.15, 0.2) is 0 Å². The molecule has 0 bridgehead atoms. The summed E-state index contributed by atoms with van der Waals surface area (Å²) in [7, 11) is -1.44. The lowest BCUT2D eigenvalue weighted by Crippen LogP contribution is -2.38. The number of nitrogens with zero attached hydrogens (tertiary/aromatic N) is 1. The highest BCUT2D eigenvalue weighted by Crippen LogP contribution is 2.10. The molecule has 0 heterocycles. The van der Waals surface area contributed by atoms with Crippen molar-refractivity contribution in [3.63, 3.8) is 0 Å². The molecule has 0 rings (SSSR count). The summed E-state index contributed by atoms with van der Waals surface area (Å²) in [6.45, 7) is 2.48. The molecule has 6 heteroatoms. The second-order valence-electron chi connectivity index (χ2n) is 3.63. The lowest BCUT2D eigenvalue weighted by atomic mass is 10.3. The number of unbranched alkanes of at least 4 members (excludes halogenated alkanes) is 1. The fraction of sp³-hybridized carbons (Fsp3) is 1.00. The third-order valence-corrected chi connectivity index (χ3v) is 5.18. The van der Waals surface area contributed by atoms with Crippen LogP contribution in [0.25, 0.3) is 0 Å². The van der Waals surface area contributed by atoms with Gasteiger partial charge in [-0.1, -0.05) is 0 Å². The normalized spacial score (nSPS) is 14.5. The van der Waals surface area contributed by atoms with Gasteiger partial charge in [-0.15, -0.1) is 0 Å².